The number of morpholine rings is 1. The number of halogens is 4. The summed E-state index contributed by atoms with van der Waals surface area (Å²) in [5.41, 5.74) is 1.94. The molecule has 2 aromatic rings. The van der Waals surface area contributed by atoms with Crippen LogP contribution >= 0.6 is 46.4 Å². The molecule has 3 aliphatic heterocycles. The van der Waals surface area contributed by atoms with Crippen LogP contribution in [0.2, 0.25) is 20.1 Å². The molecule has 5 rings (SSSR count). The normalized spacial score (nSPS) is 20.2. The van der Waals surface area contributed by atoms with Gasteiger partial charge in [0, 0.05) is 79.7 Å². The molecule has 1 unspecified atom stereocenters. The van der Waals surface area contributed by atoms with Crippen molar-refractivity contribution in [2.75, 3.05) is 73.2 Å². The molecule has 3 heterocycles. The third-order valence-corrected chi connectivity index (χ3v) is 11.1. The molecule has 0 aliphatic carbocycles. The molecule has 0 N–H and O–H groups in total. The molecule has 0 radical (unpaired) electrons. The number of hydrogen-bond acceptors (Lipinski definition) is 7. The minimum atomic E-state index is -0.256. The number of oxime groups is 1. The van der Waals surface area contributed by atoms with E-state index in [1.54, 1.807) is 36.2 Å². The zero-order valence-electron chi connectivity index (χ0n) is 28.6. The molecule has 0 bridgehead atoms. The largest absolute Gasteiger partial charge is 0.399 e. The molecule has 14 heteroatoms. The highest BCUT2D eigenvalue weighted by Gasteiger charge is 2.37. The van der Waals surface area contributed by atoms with Gasteiger partial charge in [0.15, 0.2) is 0 Å². The van der Waals surface area contributed by atoms with Gasteiger partial charge in [-0.05, 0) is 74.5 Å². The lowest BCUT2D eigenvalue weighted by Gasteiger charge is -2.42. The number of nitrogens with zero attached hydrogens (tertiary/aromatic N) is 5. The molecule has 2 aromatic carbocycles. The van der Waals surface area contributed by atoms with Crippen LogP contribution in [0.1, 0.15) is 60.4 Å². The van der Waals surface area contributed by atoms with Crippen LogP contribution in [0.5, 0.6) is 0 Å². The molecule has 3 aliphatic rings. The van der Waals surface area contributed by atoms with Crippen LogP contribution in [0, 0.1) is 5.92 Å². The van der Waals surface area contributed by atoms with E-state index in [0.717, 1.165) is 57.4 Å². The van der Waals surface area contributed by atoms with E-state index in [1.165, 1.54) is 7.11 Å². The number of benzene rings is 2. The Kier molecular flexibility index (Phi) is 14.1. The lowest BCUT2D eigenvalue weighted by molar-refractivity contribution is -0.147. The number of hydrogen-bond donors (Lipinski definition) is 0. The summed E-state index contributed by atoms with van der Waals surface area (Å²) in [6.07, 6.45) is 4.38. The molecular formula is C36H45Cl4N5O5. The van der Waals surface area contributed by atoms with E-state index >= 15 is 0 Å². The van der Waals surface area contributed by atoms with E-state index in [1.807, 2.05) is 21.9 Å². The Morgan fingerprint density at radius 3 is 2.32 bits per heavy atom. The molecular weight excluding hydrogens is 724 g/mol. The highest BCUT2D eigenvalue weighted by Crippen LogP contribution is 2.32. The summed E-state index contributed by atoms with van der Waals surface area (Å²) in [5.74, 6) is -0.554. The molecule has 0 spiro atoms. The van der Waals surface area contributed by atoms with Crippen molar-refractivity contribution in [3.63, 3.8) is 0 Å². The fourth-order valence-electron chi connectivity index (χ4n) is 7.23. The molecule has 0 saturated carbocycles. The second kappa shape index (κ2) is 18.2. The lowest BCUT2D eigenvalue weighted by Crippen LogP contribution is -2.52. The van der Waals surface area contributed by atoms with Gasteiger partial charge in [-0.25, -0.2) is 0 Å². The van der Waals surface area contributed by atoms with E-state index in [9.17, 15) is 14.4 Å². The maximum atomic E-state index is 13.6. The monoisotopic (exact) mass is 767 g/mol. The maximum absolute atomic E-state index is 13.6. The van der Waals surface area contributed by atoms with Gasteiger partial charge in [-0.2, -0.15) is 0 Å². The fourth-order valence-corrected chi connectivity index (χ4v) is 8.07. The van der Waals surface area contributed by atoms with Crippen molar-refractivity contribution in [2.45, 2.75) is 50.5 Å². The van der Waals surface area contributed by atoms with Crippen LogP contribution in [0.25, 0.3) is 0 Å². The number of carbonyl (C=O) groups excluding carboxylic acids is 3. The summed E-state index contributed by atoms with van der Waals surface area (Å²) in [7, 11) is 3.18. The summed E-state index contributed by atoms with van der Waals surface area (Å²) in [6.45, 7) is 5.67. The fraction of sp³-hybridized carbons (Fsp3) is 0.556. The van der Waals surface area contributed by atoms with Crippen molar-refractivity contribution in [3.8, 4) is 0 Å². The Morgan fingerprint density at radius 2 is 1.66 bits per heavy atom. The minimum absolute atomic E-state index is 0.0562. The quantitative estimate of drug-likeness (QED) is 0.181. The molecule has 3 amide bonds. The summed E-state index contributed by atoms with van der Waals surface area (Å²) < 4.78 is 5.38. The average molecular weight is 770 g/mol. The van der Waals surface area contributed by atoms with Crippen molar-refractivity contribution in [1.29, 1.82) is 0 Å². The third-order valence-electron chi connectivity index (χ3n) is 9.91. The van der Waals surface area contributed by atoms with Crippen molar-refractivity contribution in [3.05, 3.63) is 67.6 Å². The van der Waals surface area contributed by atoms with Crippen LogP contribution in [-0.4, -0.2) is 122 Å². The number of carbonyl (C=O) groups is 3. The molecule has 50 heavy (non-hydrogen) atoms. The van der Waals surface area contributed by atoms with E-state index in [0.29, 0.717) is 64.1 Å². The zero-order chi connectivity index (χ0) is 35.8. The van der Waals surface area contributed by atoms with E-state index in [4.69, 9.17) is 56.0 Å². The van der Waals surface area contributed by atoms with Gasteiger partial charge in [0.2, 0.25) is 11.8 Å². The van der Waals surface area contributed by atoms with Gasteiger partial charge in [-0.3, -0.25) is 14.4 Å². The number of rotatable bonds is 12. The van der Waals surface area contributed by atoms with Crippen LogP contribution in [-0.2, 0) is 19.2 Å². The standard InChI is InChI=1S/C36H45Cl4N5O5/c1-42(35(47)26-18-27(37)22-28(38)19-26)23-33(41-49-2)30(24-5-6-31(39)32(40)20-24)9-13-43-11-7-29(8-12-43)45-10-3-4-25(36(45)48)21-34(46)44-14-16-50-17-15-44/h5-6,18-20,22,25,29-30H,3-4,7-17,21,23H2,1-2H3/b41-33+/t25?,30-/m0/s1. The molecule has 272 valence electrons. The molecule has 2 atom stereocenters. The van der Waals surface area contributed by atoms with Crippen molar-refractivity contribution >= 4 is 69.8 Å². The first kappa shape index (κ1) is 38.6. The van der Waals surface area contributed by atoms with Crippen LogP contribution in [0.4, 0.5) is 0 Å². The Hall–Kier alpha value is -2.60. The minimum Gasteiger partial charge on any atom is -0.399 e. The maximum Gasteiger partial charge on any atom is 0.254 e. The summed E-state index contributed by atoms with van der Waals surface area (Å²) in [5, 5.41) is 6.04. The van der Waals surface area contributed by atoms with E-state index < -0.39 is 0 Å². The van der Waals surface area contributed by atoms with Gasteiger partial charge in [0.25, 0.3) is 5.91 Å². The van der Waals surface area contributed by atoms with E-state index in [-0.39, 0.29) is 48.6 Å². The van der Waals surface area contributed by atoms with Gasteiger partial charge in [0.1, 0.15) is 7.11 Å². The molecule has 3 fully saturated rings. The molecule has 3 saturated heterocycles. The second-order valence-electron chi connectivity index (χ2n) is 13.2. The smallest absolute Gasteiger partial charge is 0.254 e. The van der Waals surface area contributed by atoms with Crippen LogP contribution in [0.3, 0.4) is 0 Å². The summed E-state index contributed by atoms with van der Waals surface area (Å²) >= 11 is 25.1. The average Bonchev–Trinajstić information content (AvgIpc) is 3.10. The topological polar surface area (TPSA) is 95.0 Å². The molecule has 0 aromatic heterocycles. The van der Waals surface area contributed by atoms with Gasteiger partial charge >= 0.3 is 0 Å². The van der Waals surface area contributed by atoms with Gasteiger partial charge in [0.05, 0.1) is 35.5 Å². The van der Waals surface area contributed by atoms with Crippen LogP contribution < -0.4 is 0 Å². The first-order valence-electron chi connectivity index (χ1n) is 17.2. The summed E-state index contributed by atoms with van der Waals surface area (Å²) in [6, 6.07) is 10.4. The van der Waals surface area contributed by atoms with Crippen molar-refractivity contribution < 1.29 is 24.0 Å². The van der Waals surface area contributed by atoms with Gasteiger partial charge in [-0.15, -0.1) is 0 Å². The first-order valence-corrected chi connectivity index (χ1v) is 18.7. The SMILES string of the molecule is CO/N=C(\CN(C)C(=O)c1cc(Cl)cc(Cl)c1)[C@@H](CCN1CCC(N2CCCC(CC(=O)N3CCOCC3)C2=O)CC1)c1ccc(Cl)c(Cl)c1. The lowest BCUT2D eigenvalue weighted by atomic mass is 9.89. The predicted molar refractivity (Wildman–Crippen MR) is 198 cm³/mol. The highest BCUT2D eigenvalue weighted by molar-refractivity contribution is 6.42. The van der Waals surface area contributed by atoms with Gasteiger partial charge in [-0.1, -0.05) is 57.6 Å². The Balaban J connectivity index is 1.22. The van der Waals surface area contributed by atoms with Crippen LogP contribution in [0.15, 0.2) is 41.6 Å². The number of piperidine rings is 2. The molecule has 10 nitrogen and oxygen atoms in total. The number of ether oxygens (including phenoxy) is 1. The predicted octanol–water partition coefficient (Wildman–Crippen LogP) is 6.50. The Bertz CT molecular complexity index is 1530. The second-order valence-corrected chi connectivity index (χ2v) is 14.9. The zero-order valence-corrected chi connectivity index (χ0v) is 31.6. The van der Waals surface area contributed by atoms with Gasteiger partial charge < -0.3 is 29.2 Å². The third kappa shape index (κ3) is 10.0. The van der Waals surface area contributed by atoms with Crippen molar-refractivity contribution in [2.24, 2.45) is 11.1 Å². The highest BCUT2D eigenvalue weighted by atomic mass is 35.5. The Morgan fingerprint density at radius 1 is 0.960 bits per heavy atom. The Labute approximate surface area is 314 Å². The number of likely N-dealkylation sites (tertiary alicyclic amines) is 2. The first-order chi connectivity index (χ1) is 24.0. The summed E-state index contributed by atoms with van der Waals surface area (Å²) in [4.78, 5) is 53.0. The number of amides is 3. The van der Waals surface area contributed by atoms with Crippen molar-refractivity contribution in [1.82, 2.24) is 19.6 Å². The van der Waals surface area contributed by atoms with E-state index in [2.05, 4.69) is 10.1 Å².